The minimum atomic E-state index is -0.506. The van der Waals surface area contributed by atoms with Crippen LogP contribution >= 0.6 is 34.8 Å². The molecule has 0 aromatic heterocycles. The van der Waals surface area contributed by atoms with E-state index in [2.05, 4.69) is 0 Å². The van der Waals surface area contributed by atoms with Gasteiger partial charge in [0.1, 0.15) is 0 Å². The molecular weight excluding hydrogens is 288 g/mol. The molecule has 0 amide bonds. The Morgan fingerprint density at radius 3 is 2.53 bits per heavy atom. The Hall–Kier alpha value is -0.550. The van der Waals surface area contributed by atoms with E-state index in [1.807, 2.05) is 0 Å². The largest absolute Gasteiger partial charge is 0.383 e. The van der Waals surface area contributed by atoms with Crippen LogP contribution in [-0.2, 0) is 11.2 Å². The van der Waals surface area contributed by atoms with Crippen LogP contribution in [0.2, 0.25) is 10.0 Å². The number of hydrogen-bond donors (Lipinski definition) is 0. The van der Waals surface area contributed by atoms with Crippen LogP contribution in [0.1, 0.15) is 5.56 Å². The van der Waals surface area contributed by atoms with Gasteiger partial charge in [-0.05, 0) is 12.5 Å². The van der Waals surface area contributed by atoms with Gasteiger partial charge in [-0.3, -0.25) is 10.1 Å². The van der Waals surface area contributed by atoms with Crippen LogP contribution in [-0.4, -0.2) is 24.0 Å². The molecule has 7 heteroatoms. The SMILES string of the molecule is COCC(Cl)Cc1cc(Cl)c(Cl)cc1[N+](=O)[O-]. The van der Waals surface area contributed by atoms with E-state index >= 15 is 0 Å². The Morgan fingerprint density at radius 2 is 2.00 bits per heavy atom. The van der Waals surface area contributed by atoms with Crippen LogP contribution in [0.3, 0.4) is 0 Å². The van der Waals surface area contributed by atoms with Crippen molar-refractivity contribution in [3.05, 3.63) is 37.9 Å². The molecular formula is C10H10Cl3NO3. The van der Waals surface area contributed by atoms with Crippen LogP contribution in [0, 0.1) is 10.1 Å². The molecule has 1 unspecified atom stereocenters. The summed E-state index contributed by atoms with van der Waals surface area (Å²) in [5.74, 6) is 0. The summed E-state index contributed by atoms with van der Waals surface area (Å²) in [5.41, 5.74) is 0.364. The van der Waals surface area contributed by atoms with E-state index in [-0.39, 0.29) is 21.1 Å². The number of nitro benzene ring substituents is 1. The highest BCUT2D eigenvalue weighted by molar-refractivity contribution is 6.42. The first-order valence-corrected chi connectivity index (χ1v) is 5.90. The van der Waals surface area contributed by atoms with Crippen molar-refractivity contribution in [2.75, 3.05) is 13.7 Å². The molecule has 0 bridgehead atoms. The summed E-state index contributed by atoms with van der Waals surface area (Å²) < 4.78 is 4.87. The van der Waals surface area contributed by atoms with Crippen molar-refractivity contribution in [2.45, 2.75) is 11.8 Å². The first-order chi connectivity index (χ1) is 7.95. The number of methoxy groups -OCH3 is 1. The van der Waals surface area contributed by atoms with Gasteiger partial charge in [0, 0.05) is 18.7 Å². The average molecular weight is 299 g/mol. The molecule has 1 aromatic carbocycles. The second kappa shape index (κ2) is 6.40. The van der Waals surface area contributed by atoms with Crippen LogP contribution in [0.15, 0.2) is 12.1 Å². The molecule has 1 rings (SSSR count). The number of nitrogens with zero attached hydrogens (tertiary/aromatic N) is 1. The van der Waals surface area contributed by atoms with E-state index in [9.17, 15) is 10.1 Å². The lowest BCUT2D eigenvalue weighted by molar-refractivity contribution is -0.385. The maximum atomic E-state index is 10.9. The number of nitro groups is 1. The van der Waals surface area contributed by atoms with E-state index in [0.29, 0.717) is 18.6 Å². The highest BCUT2D eigenvalue weighted by Gasteiger charge is 2.19. The number of benzene rings is 1. The molecule has 94 valence electrons. The van der Waals surface area contributed by atoms with E-state index in [1.165, 1.54) is 19.2 Å². The van der Waals surface area contributed by atoms with Crippen LogP contribution in [0.4, 0.5) is 5.69 Å². The van der Waals surface area contributed by atoms with Crippen molar-refractivity contribution in [2.24, 2.45) is 0 Å². The quantitative estimate of drug-likeness (QED) is 0.473. The molecule has 0 aliphatic carbocycles. The van der Waals surface area contributed by atoms with Crippen molar-refractivity contribution >= 4 is 40.5 Å². The summed E-state index contributed by atoms with van der Waals surface area (Å²) in [6.45, 7) is 0.305. The monoisotopic (exact) mass is 297 g/mol. The minimum absolute atomic E-state index is 0.0823. The normalized spacial score (nSPS) is 12.5. The zero-order valence-corrected chi connectivity index (χ0v) is 11.2. The molecule has 0 aliphatic heterocycles. The van der Waals surface area contributed by atoms with Gasteiger partial charge in [0.25, 0.3) is 5.69 Å². The predicted octanol–water partition coefficient (Wildman–Crippen LogP) is 3.70. The Morgan fingerprint density at radius 1 is 1.41 bits per heavy atom. The minimum Gasteiger partial charge on any atom is -0.383 e. The summed E-state index contributed by atoms with van der Waals surface area (Å²) in [4.78, 5) is 10.3. The fourth-order valence-corrected chi connectivity index (χ4v) is 2.03. The highest BCUT2D eigenvalue weighted by Crippen LogP contribution is 2.31. The maximum Gasteiger partial charge on any atom is 0.274 e. The van der Waals surface area contributed by atoms with Gasteiger partial charge in [-0.2, -0.15) is 0 Å². The molecule has 0 N–H and O–H groups in total. The van der Waals surface area contributed by atoms with Crippen LogP contribution < -0.4 is 0 Å². The first kappa shape index (κ1) is 14.5. The fourth-order valence-electron chi connectivity index (χ4n) is 1.39. The third-order valence-corrected chi connectivity index (χ3v) is 3.11. The Bertz CT molecular complexity index is 426. The summed E-state index contributed by atoms with van der Waals surface area (Å²) >= 11 is 17.5. The lowest BCUT2D eigenvalue weighted by Gasteiger charge is -2.09. The maximum absolute atomic E-state index is 10.9. The number of ether oxygens (including phenoxy) is 1. The van der Waals surface area contributed by atoms with E-state index in [1.54, 1.807) is 0 Å². The van der Waals surface area contributed by atoms with E-state index in [4.69, 9.17) is 39.5 Å². The van der Waals surface area contributed by atoms with Crippen molar-refractivity contribution < 1.29 is 9.66 Å². The molecule has 0 fully saturated rings. The first-order valence-electron chi connectivity index (χ1n) is 4.71. The lowest BCUT2D eigenvalue weighted by Crippen LogP contribution is -2.11. The average Bonchev–Trinajstić information content (AvgIpc) is 2.23. The zero-order chi connectivity index (χ0) is 13.0. The summed E-state index contributed by atoms with van der Waals surface area (Å²) in [5, 5.41) is 10.9. The Kier molecular flexibility index (Phi) is 5.46. The van der Waals surface area contributed by atoms with Crippen LogP contribution in [0.5, 0.6) is 0 Å². The second-order valence-electron chi connectivity index (χ2n) is 3.41. The lowest BCUT2D eigenvalue weighted by atomic mass is 10.1. The predicted molar refractivity (Wildman–Crippen MR) is 68.3 cm³/mol. The van der Waals surface area contributed by atoms with Gasteiger partial charge in [-0.15, -0.1) is 11.6 Å². The summed E-state index contributed by atoms with van der Waals surface area (Å²) in [6, 6.07) is 2.70. The number of alkyl halides is 1. The smallest absolute Gasteiger partial charge is 0.274 e. The summed E-state index contributed by atoms with van der Waals surface area (Å²) in [7, 11) is 1.51. The van der Waals surface area contributed by atoms with Crippen molar-refractivity contribution in [3.63, 3.8) is 0 Å². The molecule has 0 heterocycles. The van der Waals surface area contributed by atoms with E-state index < -0.39 is 4.92 Å². The molecule has 17 heavy (non-hydrogen) atoms. The highest BCUT2D eigenvalue weighted by atomic mass is 35.5. The Labute approximate surface area is 114 Å². The zero-order valence-electron chi connectivity index (χ0n) is 8.95. The van der Waals surface area contributed by atoms with Gasteiger partial charge in [0.2, 0.25) is 0 Å². The van der Waals surface area contributed by atoms with E-state index in [0.717, 1.165) is 0 Å². The van der Waals surface area contributed by atoms with Crippen molar-refractivity contribution in [1.82, 2.24) is 0 Å². The van der Waals surface area contributed by atoms with Gasteiger partial charge in [-0.1, -0.05) is 23.2 Å². The number of hydrogen-bond acceptors (Lipinski definition) is 3. The van der Waals surface area contributed by atoms with Gasteiger partial charge in [-0.25, -0.2) is 0 Å². The molecule has 0 radical (unpaired) electrons. The summed E-state index contributed by atoms with van der Waals surface area (Å²) in [6.07, 6.45) is 0.294. The number of halogens is 3. The van der Waals surface area contributed by atoms with Gasteiger partial charge in [0.15, 0.2) is 0 Å². The van der Waals surface area contributed by atoms with Gasteiger partial charge >= 0.3 is 0 Å². The fraction of sp³-hybridized carbons (Fsp3) is 0.400. The topological polar surface area (TPSA) is 52.4 Å². The van der Waals surface area contributed by atoms with Crippen LogP contribution in [0.25, 0.3) is 0 Å². The van der Waals surface area contributed by atoms with Gasteiger partial charge in [0.05, 0.1) is 27.0 Å². The molecule has 0 saturated heterocycles. The molecule has 1 atom stereocenters. The number of rotatable bonds is 5. The molecule has 4 nitrogen and oxygen atoms in total. The van der Waals surface area contributed by atoms with Crippen molar-refractivity contribution in [1.29, 1.82) is 0 Å². The molecule has 1 aromatic rings. The third kappa shape index (κ3) is 4.00. The third-order valence-electron chi connectivity index (χ3n) is 2.11. The van der Waals surface area contributed by atoms with Gasteiger partial charge < -0.3 is 4.74 Å². The molecule has 0 aliphatic rings. The standard InChI is InChI=1S/C10H10Cl3NO3/c1-17-5-7(11)2-6-3-8(12)9(13)4-10(6)14(15)16/h3-4,7H,2,5H2,1H3. The van der Waals surface area contributed by atoms with Crippen molar-refractivity contribution in [3.8, 4) is 0 Å². The second-order valence-corrected chi connectivity index (χ2v) is 4.84. The molecule has 0 saturated carbocycles. The Balaban J connectivity index is 3.04. The molecule has 0 spiro atoms.